The van der Waals surface area contributed by atoms with Crippen LogP contribution in [0.4, 0.5) is 5.13 Å². The predicted molar refractivity (Wildman–Crippen MR) is 99.3 cm³/mol. The van der Waals surface area contributed by atoms with Crippen molar-refractivity contribution in [3.8, 4) is 0 Å². The molecule has 26 heavy (non-hydrogen) atoms. The fourth-order valence-corrected chi connectivity index (χ4v) is 3.64. The second kappa shape index (κ2) is 8.68. The zero-order valence-corrected chi connectivity index (χ0v) is 16.4. The Morgan fingerprint density at radius 2 is 2.12 bits per heavy atom. The minimum atomic E-state index is -0.00981. The first-order valence-corrected chi connectivity index (χ1v) is 10.0. The number of likely N-dealkylation sites (tertiary alicyclic amines) is 1. The molecule has 3 heterocycles. The van der Waals surface area contributed by atoms with E-state index in [1.54, 1.807) is 0 Å². The first-order valence-electron chi connectivity index (χ1n) is 9.23. The van der Waals surface area contributed by atoms with E-state index in [0.29, 0.717) is 17.5 Å². The predicted octanol–water partition coefficient (Wildman–Crippen LogP) is 2.82. The molecule has 2 aromatic heterocycles. The topological polar surface area (TPSA) is 97.0 Å². The zero-order chi connectivity index (χ0) is 18.5. The van der Waals surface area contributed by atoms with Crippen molar-refractivity contribution in [1.82, 2.24) is 25.2 Å². The summed E-state index contributed by atoms with van der Waals surface area (Å²) < 4.78 is 5.42. The van der Waals surface area contributed by atoms with E-state index >= 15 is 0 Å². The van der Waals surface area contributed by atoms with Crippen molar-refractivity contribution in [2.24, 2.45) is 0 Å². The average molecular weight is 379 g/mol. The zero-order valence-electron chi connectivity index (χ0n) is 15.6. The second-order valence-electron chi connectivity index (χ2n) is 6.91. The first kappa shape index (κ1) is 18.9. The highest BCUT2D eigenvalue weighted by molar-refractivity contribution is 7.15. The number of piperidine rings is 1. The Hall–Kier alpha value is -1.87. The summed E-state index contributed by atoms with van der Waals surface area (Å²) in [5.74, 6) is 2.14. The molecule has 1 fully saturated rings. The van der Waals surface area contributed by atoms with Gasteiger partial charge in [0.25, 0.3) is 0 Å². The summed E-state index contributed by atoms with van der Waals surface area (Å²) in [6.45, 7) is 8.78. The SMILES string of the molecule is CCc1nnc(NC(=O)CCN2CCC(c3nc(C(C)C)no3)CC2)s1. The molecule has 8 nitrogen and oxygen atoms in total. The maximum atomic E-state index is 12.1. The number of amides is 1. The van der Waals surface area contributed by atoms with E-state index in [-0.39, 0.29) is 11.8 Å². The number of aryl methyl sites for hydroxylation is 1. The normalized spacial score (nSPS) is 16.3. The largest absolute Gasteiger partial charge is 0.339 e. The summed E-state index contributed by atoms with van der Waals surface area (Å²) in [6.07, 6.45) is 3.26. The summed E-state index contributed by atoms with van der Waals surface area (Å²) in [5.41, 5.74) is 0. The molecule has 0 unspecified atom stereocenters. The fraction of sp³-hybridized carbons (Fsp3) is 0.706. The van der Waals surface area contributed by atoms with Gasteiger partial charge >= 0.3 is 0 Å². The van der Waals surface area contributed by atoms with E-state index in [2.05, 4.69) is 44.4 Å². The highest BCUT2D eigenvalue weighted by Crippen LogP contribution is 2.27. The summed E-state index contributed by atoms with van der Waals surface area (Å²) in [7, 11) is 0. The second-order valence-corrected chi connectivity index (χ2v) is 7.98. The quantitative estimate of drug-likeness (QED) is 0.791. The molecule has 142 valence electrons. The molecule has 1 aliphatic rings. The third-order valence-electron chi connectivity index (χ3n) is 4.58. The van der Waals surface area contributed by atoms with Crippen LogP contribution in [0.5, 0.6) is 0 Å². The number of nitrogens with one attached hydrogen (secondary N) is 1. The number of anilines is 1. The Balaban J connectivity index is 1.40. The van der Waals surface area contributed by atoms with Crippen molar-refractivity contribution >= 4 is 22.4 Å². The molecular weight excluding hydrogens is 352 g/mol. The van der Waals surface area contributed by atoms with Gasteiger partial charge in [0.15, 0.2) is 5.82 Å². The van der Waals surface area contributed by atoms with Crippen molar-refractivity contribution in [2.45, 2.75) is 58.3 Å². The Kier molecular flexibility index (Phi) is 6.31. The van der Waals surface area contributed by atoms with Gasteiger partial charge in [-0.25, -0.2) is 0 Å². The van der Waals surface area contributed by atoms with Crippen LogP contribution in [0, 0.1) is 0 Å². The van der Waals surface area contributed by atoms with Gasteiger partial charge < -0.3 is 14.7 Å². The van der Waals surface area contributed by atoms with Gasteiger partial charge in [0.1, 0.15) is 5.01 Å². The van der Waals surface area contributed by atoms with Gasteiger partial charge in [0.2, 0.25) is 16.9 Å². The number of hydrogen-bond donors (Lipinski definition) is 1. The van der Waals surface area contributed by atoms with E-state index in [0.717, 1.165) is 55.6 Å². The molecule has 9 heteroatoms. The van der Waals surface area contributed by atoms with Crippen molar-refractivity contribution in [3.63, 3.8) is 0 Å². The lowest BCUT2D eigenvalue weighted by Crippen LogP contribution is -2.35. The Labute approximate surface area is 157 Å². The summed E-state index contributed by atoms with van der Waals surface area (Å²) in [4.78, 5) is 18.9. The van der Waals surface area contributed by atoms with Crippen LogP contribution < -0.4 is 5.32 Å². The molecule has 1 N–H and O–H groups in total. The van der Waals surface area contributed by atoms with Crippen LogP contribution in [-0.4, -0.2) is 50.8 Å². The van der Waals surface area contributed by atoms with Crippen molar-refractivity contribution in [1.29, 1.82) is 0 Å². The van der Waals surface area contributed by atoms with Crippen molar-refractivity contribution < 1.29 is 9.32 Å². The molecule has 1 saturated heterocycles. The minimum absolute atomic E-state index is 0.00981. The highest BCUT2D eigenvalue weighted by atomic mass is 32.1. The maximum absolute atomic E-state index is 12.1. The van der Waals surface area contributed by atoms with Gasteiger partial charge in [-0.1, -0.05) is 37.3 Å². The third-order valence-corrected chi connectivity index (χ3v) is 5.56. The lowest BCUT2D eigenvalue weighted by molar-refractivity contribution is -0.116. The number of aromatic nitrogens is 4. The standard InChI is InChI=1S/C17H26N6O2S/c1-4-14-20-21-17(26-14)18-13(24)7-10-23-8-5-12(6-9-23)16-19-15(11(2)3)22-25-16/h11-12H,4-10H2,1-3H3,(H,18,21,24). The van der Waals surface area contributed by atoms with Crippen molar-refractivity contribution in [2.75, 3.05) is 25.0 Å². The lowest BCUT2D eigenvalue weighted by atomic mass is 9.96. The summed E-state index contributed by atoms with van der Waals surface area (Å²) in [6, 6.07) is 0. The van der Waals surface area contributed by atoms with E-state index in [1.165, 1.54) is 11.3 Å². The van der Waals surface area contributed by atoms with E-state index in [4.69, 9.17) is 4.52 Å². The summed E-state index contributed by atoms with van der Waals surface area (Å²) >= 11 is 1.43. The van der Waals surface area contributed by atoms with Crippen LogP contribution in [0.25, 0.3) is 0 Å². The molecular formula is C17H26N6O2S. The Bertz CT molecular complexity index is 720. The molecule has 1 aliphatic heterocycles. The smallest absolute Gasteiger partial charge is 0.229 e. The van der Waals surface area contributed by atoms with Gasteiger partial charge in [-0.3, -0.25) is 4.79 Å². The van der Waals surface area contributed by atoms with Crippen LogP contribution in [0.15, 0.2) is 4.52 Å². The first-order chi connectivity index (χ1) is 12.5. The summed E-state index contributed by atoms with van der Waals surface area (Å²) in [5, 5.41) is 16.4. The molecule has 2 aromatic rings. The minimum Gasteiger partial charge on any atom is -0.339 e. The van der Waals surface area contributed by atoms with Gasteiger partial charge in [-0.05, 0) is 32.4 Å². The monoisotopic (exact) mass is 378 g/mol. The van der Waals surface area contributed by atoms with Gasteiger partial charge in [-0.15, -0.1) is 10.2 Å². The van der Waals surface area contributed by atoms with Gasteiger partial charge in [0.05, 0.1) is 0 Å². The number of rotatable bonds is 7. The van der Waals surface area contributed by atoms with Crippen LogP contribution >= 0.6 is 11.3 Å². The highest BCUT2D eigenvalue weighted by Gasteiger charge is 2.25. The number of hydrogen-bond acceptors (Lipinski definition) is 8. The molecule has 0 aliphatic carbocycles. The van der Waals surface area contributed by atoms with E-state index in [1.807, 2.05) is 6.92 Å². The van der Waals surface area contributed by atoms with Crippen LogP contribution in [0.1, 0.15) is 68.6 Å². The van der Waals surface area contributed by atoms with E-state index < -0.39 is 0 Å². The molecule has 0 aromatic carbocycles. The lowest BCUT2D eigenvalue weighted by Gasteiger charge is -2.29. The Morgan fingerprint density at radius 1 is 1.35 bits per heavy atom. The molecule has 0 saturated carbocycles. The molecule has 0 atom stereocenters. The van der Waals surface area contributed by atoms with Gasteiger partial charge in [-0.2, -0.15) is 4.98 Å². The van der Waals surface area contributed by atoms with E-state index in [9.17, 15) is 4.79 Å². The van der Waals surface area contributed by atoms with Crippen LogP contribution in [0.2, 0.25) is 0 Å². The van der Waals surface area contributed by atoms with Crippen molar-refractivity contribution in [3.05, 3.63) is 16.7 Å². The molecule has 0 radical (unpaired) electrons. The molecule has 3 rings (SSSR count). The third kappa shape index (κ3) is 4.85. The molecule has 0 spiro atoms. The number of carbonyl (C=O) groups is 1. The van der Waals surface area contributed by atoms with Crippen LogP contribution in [-0.2, 0) is 11.2 Å². The molecule has 1 amide bonds. The fourth-order valence-electron chi connectivity index (χ4n) is 2.94. The molecule has 0 bridgehead atoms. The van der Waals surface area contributed by atoms with Crippen LogP contribution in [0.3, 0.4) is 0 Å². The van der Waals surface area contributed by atoms with Gasteiger partial charge in [0, 0.05) is 24.8 Å². The Morgan fingerprint density at radius 3 is 2.73 bits per heavy atom. The maximum Gasteiger partial charge on any atom is 0.229 e. The average Bonchev–Trinajstić information content (AvgIpc) is 3.30. The number of nitrogens with zero attached hydrogens (tertiary/aromatic N) is 5. The number of carbonyl (C=O) groups excluding carboxylic acids is 1.